The lowest BCUT2D eigenvalue weighted by atomic mass is 10.4. The molecule has 0 bridgehead atoms. The van der Waals surface area contributed by atoms with Gasteiger partial charge in [0.1, 0.15) is 6.73 Å². The Kier molecular flexibility index (Phi) is 2.96. The molecular weight excluding hydrogens is 154 g/mol. The topological polar surface area (TPSA) is 29.5 Å². The van der Waals surface area contributed by atoms with Gasteiger partial charge in [-0.1, -0.05) is 0 Å². The molecule has 10 heavy (non-hydrogen) atoms. The van der Waals surface area contributed by atoms with Crippen molar-refractivity contribution < 1.29 is 9.53 Å². The number of hydrogen-bond donors (Lipinski definition) is 0. The van der Waals surface area contributed by atoms with E-state index in [0.29, 0.717) is 25.6 Å². The van der Waals surface area contributed by atoms with Gasteiger partial charge in [0.25, 0.3) is 0 Å². The van der Waals surface area contributed by atoms with Crippen molar-refractivity contribution in [3.8, 4) is 0 Å². The highest BCUT2D eigenvalue weighted by Crippen LogP contribution is 2.01. The Morgan fingerprint density at radius 3 is 3.00 bits per heavy atom. The molecule has 1 aliphatic heterocycles. The SMILES string of the molecule is O=C(CCCl)N1CCOC1. The van der Waals surface area contributed by atoms with E-state index in [4.69, 9.17) is 16.3 Å². The number of carbonyl (C=O) groups excluding carboxylic acids is 1. The molecule has 3 nitrogen and oxygen atoms in total. The average Bonchev–Trinajstić information content (AvgIpc) is 2.38. The predicted octanol–water partition coefficient (Wildman–Crippen LogP) is 0.432. The van der Waals surface area contributed by atoms with Crippen LogP contribution in [-0.2, 0) is 9.53 Å². The van der Waals surface area contributed by atoms with E-state index in [0.717, 1.165) is 6.54 Å². The molecule has 1 heterocycles. The summed E-state index contributed by atoms with van der Waals surface area (Å²) >= 11 is 5.39. The van der Waals surface area contributed by atoms with Gasteiger partial charge in [0, 0.05) is 18.8 Å². The average molecular weight is 164 g/mol. The minimum atomic E-state index is 0.0903. The largest absolute Gasteiger partial charge is 0.359 e. The third-order valence-corrected chi connectivity index (χ3v) is 1.60. The van der Waals surface area contributed by atoms with Gasteiger partial charge in [0.05, 0.1) is 6.61 Å². The van der Waals surface area contributed by atoms with Crippen LogP contribution in [0.5, 0.6) is 0 Å². The molecule has 0 aromatic carbocycles. The van der Waals surface area contributed by atoms with Gasteiger partial charge in [-0.05, 0) is 0 Å². The Balaban J connectivity index is 2.25. The molecule has 1 saturated heterocycles. The summed E-state index contributed by atoms with van der Waals surface area (Å²) in [6.45, 7) is 1.82. The normalized spacial score (nSPS) is 17.9. The van der Waals surface area contributed by atoms with E-state index < -0.39 is 0 Å². The van der Waals surface area contributed by atoms with E-state index in [1.807, 2.05) is 0 Å². The summed E-state index contributed by atoms with van der Waals surface area (Å²) in [4.78, 5) is 12.7. The second-order valence-electron chi connectivity index (χ2n) is 2.13. The van der Waals surface area contributed by atoms with Gasteiger partial charge < -0.3 is 9.64 Å². The minimum absolute atomic E-state index is 0.0903. The number of ether oxygens (including phenoxy) is 1. The number of rotatable bonds is 2. The fourth-order valence-electron chi connectivity index (χ4n) is 0.850. The maximum Gasteiger partial charge on any atom is 0.225 e. The Bertz CT molecular complexity index is 123. The smallest absolute Gasteiger partial charge is 0.225 e. The molecule has 0 unspecified atom stereocenters. The lowest BCUT2D eigenvalue weighted by Gasteiger charge is -2.11. The summed E-state index contributed by atoms with van der Waals surface area (Å²) in [7, 11) is 0. The van der Waals surface area contributed by atoms with Crippen LogP contribution in [0.4, 0.5) is 0 Å². The molecule has 1 aliphatic rings. The van der Waals surface area contributed by atoms with Crippen molar-refractivity contribution in [3.63, 3.8) is 0 Å². The summed E-state index contributed by atoms with van der Waals surface area (Å²) in [5, 5.41) is 0. The van der Waals surface area contributed by atoms with Crippen LogP contribution in [0.15, 0.2) is 0 Å². The van der Waals surface area contributed by atoms with E-state index in [-0.39, 0.29) is 5.91 Å². The Hall–Kier alpha value is -0.280. The zero-order chi connectivity index (χ0) is 7.40. The van der Waals surface area contributed by atoms with Gasteiger partial charge in [0.15, 0.2) is 0 Å². The second-order valence-corrected chi connectivity index (χ2v) is 2.51. The number of halogens is 1. The maximum atomic E-state index is 11.0. The highest BCUT2D eigenvalue weighted by molar-refractivity contribution is 6.18. The zero-order valence-electron chi connectivity index (χ0n) is 5.68. The van der Waals surface area contributed by atoms with Crippen LogP contribution in [-0.4, -0.2) is 36.6 Å². The van der Waals surface area contributed by atoms with Crippen molar-refractivity contribution in [2.75, 3.05) is 25.8 Å². The minimum Gasteiger partial charge on any atom is -0.359 e. The van der Waals surface area contributed by atoms with E-state index >= 15 is 0 Å². The predicted molar refractivity (Wildman–Crippen MR) is 37.9 cm³/mol. The highest BCUT2D eigenvalue weighted by Gasteiger charge is 2.16. The molecule has 0 saturated carbocycles. The summed E-state index contributed by atoms with van der Waals surface area (Å²) in [5.41, 5.74) is 0. The summed E-state index contributed by atoms with van der Waals surface area (Å²) in [6, 6.07) is 0. The van der Waals surface area contributed by atoms with Crippen molar-refractivity contribution in [2.45, 2.75) is 6.42 Å². The molecule has 58 valence electrons. The van der Waals surface area contributed by atoms with Crippen LogP contribution in [0.3, 0.4) is 0 Å². The van der Waals surface area contributed by atoms with Crippen molar-refractivity contribution in [1.82, 2.24) is 4.90 Å². The van der Waals surface area contributed by atoms with Gasteiger partial charge >= 0.3 is 0 Å². The molecule has 0 atom stereocenters. The molecular formula is C6H10ClNO2. The maximum absolute atomic E-state index is 11.0. The van der Waals surface area contributed by atoms with Crippen molar-refractivity contribution >= 4 is 17.5 Å². The lowest BCUT2D eigenvalue weighted by molar-refractivity contribution is -0.131. The molecule has 0 N–H and O–H groups in total. The lowest BCUT2D eigenvalue weighted by Crippen LogP contribution is -2.28. The van der Waals surface area contributed by atoms with Gasteiger partial charge in [0.2, 0.25) is 5.91 Å². The van der Waals surface area contributed by atoms with Gasteiger partial charge in [-0.25, -0.2) is 0 Å². The fraction of sp³-hybridized carbons (Fsp3) is 0.833. The van der Waals surface area contributed by atoms with E-state index in [2.05, 4.69) is 0 Å². The molecule has 0 radical (unpaired) electrons. The number of carbonyl (C=O) groups is 1. The molecule has 0 spiro atoms. The fourth-order valence-corrected chi connectivity index (χ4v) is 1.01. The van der Waals surface area contributed by atoms with Crippen LogP contribution < -0.4 is 0 Å². The van der Waals surface area contributed by atoms with Crippen LogP contribution in [0, 0.1) is 0 Å². The molecule has 1 fully saturated rings. The van der Waals surface area contributed by atoms with Crippen molar-refractivity contribution in [1.29, 1.82) is 0 Å². The standard InChI is InChI=1S/C6H10ClNO2/c7-2-1-6(9)8-3-4-10-5-8/h1-5H2. The quantitative estimate of drug-likeness (QED) is 0.553. The molecule has 1 rings (SSSR count). The molecule has 0 aromatic heterocycles. The Morgan fingerprint density at radius 1 is 1.70 bits per heavy atom. The summed E-state index contributed by atoms with van der Waals surface area (Å²) in [6.07, 6.45) is 0.422. The molecule has 0 aromatic rings. The Morgan fingerprint density at radius 2 is 2.50 bits per heavy atom. The number of amides is 1. The van der Waals surface area contributed by atoms with Crippen molar-refractivity contribution in [2.24, 2.45) is 0 Å². The second kappa shape index (κ2) is 3.78. The van der Waals surface area contributed by atoms with Gasteiger partial charge in [-0.2, -0.15) is 0 Å². The number of nitrogens with zero attached hydrogens (tertiary/aromatic N) is 1. The highest BCUT2D eigenvalue weighted by atomic mass is 35.5. The van der Waals surface area contributed by atoms with Gasteiger partial charge in [-0.15, -0.1) is 11.6 Å². The van der Waals surface area contributed by atoms with E-state index in [1.54, 1.807) is 4.90 Å². The van der Waals surface area contributed by atoms with E-state index in [9.17, 15) is 4.79 Å². The first kappa shape index (κ1) is 7.82. The van der Waals surface area contributed by atoms with Crippen LogP contribution in [0.1, 0.15) is 6.42 Å². The summed E-state index contributed by atoms with van der Waals surface area (Å²) in [5.74, 6) is 0.488. The molecule has 4 heteroatoms. The van der Waals surface area contributed by atoms with Gasteiger partial charge in [-0.3, -0.25) is 4.79 Å². The first-order chi connectivity index (χ1) is 4.84. The Labute approximate surface area is 64.9 Å². The summed E-state index contributed by atoms with van der Waals surface area (Å²) < 4.78 is 4.99. The first-order valence-electron chi connectivity index (χ1n) is 3.26. The van der Waals surface area contributed by atoms with Crippen LogP contribution in [0.2, 0.25) is 0 Å². The molecule has 1 amide bonds. The third kappa shape index (κ3) is 1.85. The number of alkyl halides is 1. The van der Waals surface area contributed by atoms with Crippen LogP contribution >= 0.6 is 11.6 Å². The first-order valence-corrected chi connectivity index (χ1v) is 3.79. The zero-order valence-corrected chi connectivity index (χ0v) is 6.43. The van der Waals surface area contributed by atoms with E-state index in [1.165, 1.54) is 0 Å². The van der Waals surface area contributed by atoms with Crippen LogP contribution in [0.25, 0.3) is 0 Å². The molecule has 0 aliphatic carbocycles. The van der Waals surface area contributed by atoms with Crippen molar-refractivity contribution in [3.05, 3.63) is 0 Å². The monoisotopic (exact) mass is 163 g/mol. The third-order valence-electron chi connectivity index (χ3n) is 1.41. The number of hydrogen-bond acceptors (Lipinski definition) is 2.